The number of aliphatic hydroxyl groups is 1. The van der Waals surface area contributed by atoms with Crippen molar-refractivity contribution in [2.45, 2.75) is 19.1 Å². The molecule has 2 heteroatoms. The first kappa shape index (κ1) is 5.73. The van der Waals surface area contributed by atoms with Gasteiger partial charge in [-0.05, 0) is 19.5 Å². The van der Waals surface area contributed by atoms with E-state index in [4.69, 9.17) is 4.11 Å². The fourth-order valence-corrected chi connectivity index (χ4v) is 1.02. The lowest BCUT2D eigenvalue weighted by Gasteiger charge is -2.17. The van der Waals surface area contributed by atoms with E-state index in [9.17, 15) is 5.11 Å². The van der Waals surface area contributed by atoms with Gasteiger partial charge in [-0.1, -0.05) is 30.3 Å². The van der Waals surface area contributed by atoms with Crippen molar-refractivity contribution in [3.05, 3.63) is 35.9 Å². The number of rotatable bonds is 3. The molecule has 2 N–H and O–H groups in total. The highest BCUT2D eigenvalue weighted by molar-refractivity contribution is 5.18. The van der Waals surface area contributed by atoms with Gasteiger partial charge in [0.05, 0.1) is 6.10 Å². The molecular weight excluding hydrogens is 150 g/mol. The van der Waals surface area contributed by atoms with Crippen molar-refractivity contribution in [1.82, 2.24) is 5.32 Å². The molecule has 0 fully saturated rings. The molecular formula is C10H15NO. The van der Waals surface area contributed by atoms with Crippen molar-refractivity contribution in [3.63, 3.8) is 0 Å². The fraction of sp³-hybridized carbons (Fsp3) is 0.400. The van der Waals surface area contributed by atoms with Gasteiger partial charge in [0.25, 0.3) is 0 Å². The summed E-state index contributed by atoms with van der Waals surface area (Å²) in [5.41, 5.74) is 0.710. The van der Waals surface area contributed by atoms with Crippen LogP contribution in [0.25, 0.3) is 0 Å². The first-order valence-corrected chi connectivity index (χ1v) is 3.91. The maximum Gasteiger partial charge on any atom is 0.0940 e. The molecule has 0 aliphatic carbocycles. The van der Waals surface area contributed by atoms with E-state index in [0.29, 0.717) is 5.56 Å². The van der Waals surface area contributed by atoms with Crippen LogP contribution in [-0.2, 0) is 0 Å². The lowest BCUT2D eigenvalue weighted by molar-refractivity contribution is 0.140. The number of nitrogens with one attached hydrogen (secondary N) is 1. The van der Waals surface area contributed by atoms with Crippen LogP contribution in [0.15, 0.2) is 30.3 Å². The Hall–Kier alpha value is -0.860. The molecule has 2 atom stereocenters. The van der Waals surface area contributed by atoms with Crippen molar-refractivity contribution in [1.29, 1.82) is 0 Å². The van der Waals surface area contributed by atoms with Crippen LogP contribution in [0.3, 0.4) is 0 Å². The highest BCUT2D eigenvalue weighted by Crippen LogP contribution is 2.15. The molecule has 0 amide bonds. The van der Waals surface area contributed by atoms with E-state index < -0.39 is 19.1 Å². The summed E-state index contributed by atoms with van der Waals surface area (Å²) in [5.74, 6) is 0. The van der Waals surface area contributed by atoms with Gasteiger partial charge in [-0.2, -0.15) is 0 Å². The fourth-order valence-electron chi connectivity index (χ4n) is 1.02. The molecule has 0 aliphatic heterocycles. The van der Waals surface area contributed by atoms with Gasteiger partial charge < -0.3 is 10.4 Å². The Kier molecular flexibility index (Phi) is 2.02. The van der Waals surface area contributed by atoms with Crippen LogP contribution in [0.2, 0.25) is 0 Å². The predicted octanol–water partition coefficient (Wildman–Crippen LogP) is 1.33. The third-order valence-corrected chi connectivity index (χ3v) is 1.84. The number of aliphatic hydroxyl groups excluding tert-OH is 1. The van der Waals surface area contributed by atoms with Crippen LogP contribution in [-0.4, -0.2) is 18.1 Å². The number of hydrogen-bond acceptors (Lipinski definition) is 2. The van der Waals surface area contributed by atoms with Crippen LogP contribution in [0.4, 0.5) is 0 Å². The van der Waals surface area contributed by atoms with E-state index in [1.54, 1.807) is 31.2 Å². The van der Waals surface area contributed by atoms with Crippen molar-refractivity contribution in [3.8, 4) is 0 Å². The Bertz CT molecular complexity index is 299. The molecule has 1 rings (SSSR count). The van der Waals surface area contributed by atoms with Gasteiger partial charge >= 0.3 is 0 Å². The van der Waals surface area contributed by atoms with Gasteiger partial charge in [-0.15, -0.1) is 0 Å². The molecule has 0 radical (unpaired) electrons. The number of hydrogen-bond donors (Lipinski definition) is 2. The molecule has 0 unspecified atom stereocenters. The van der Waals surface area contributed by atoms with E-state index in [0.717, 1.165) is 0 Å². The number of likely N-dealkylation sites (N-methyl/N-ethyl adjacent to an activating group) is 1. The minimum absolute atomic E-state index is 0.514. The summed E-state index contributed by atoms with van der Waals surface area (Å²) < 4.78 is 21.1. The Morgan fingerprint density at radius 2 is 2.08 bits per heavy atom. The summed E-state index contributed by atoms with van der Waals surface area (Å²) in [6.45, 7) is -0.584. The first-order valence-electron chi connectivity index (χ1n) is 5.41. The zero-order valence-corrected chi connectivity index (χ0v) is 6.99. The predicted molar refractivity (Wildman–Crippen MR) is 49.9 cm³/mol. The summed E-state index contributed by atoms with van der Waals surface area (Å²) in [4.78, 5) is 0. The zero-order chi connectivity index (χ0) is 11.5. The molecule has 1 aromatic rings. The van der Waals surface area contributed by atoms with Crippen molar-refractivity contribution in [2.24, 2.45) is 0 Å². The van der Waals surface area contributed by atoms with E-state index in [1.807, 2.05) is 6.07 Å². The summed E-state index contributed by atoms with van der Waals surface area (Å²) in [5, 5.41) is 12.2. The highest BCUT2D eigenvalue weighted by atomic mass is 16.3. The Morgan fingerprint density at radius 1 is 1.42 bits per heavy atom. The van der Waals surface area contributed by atoms with E-state index in [-0.39, 0.29) is 0 Å². The molecule has 12 heavy (non-hydrogen) atoms. The second-order valence-electron chi connectivity index (χ2n) is 2.79. The molecule has 0 heterocycles. The van der Waals surface area contributed by atoms with E-state index in [1.165, 1.54) is 0 Å². The molecule has 66 valence electrons. The molecule has 0 saturated carbocycles. The van der Waals surface area contributed by atoms with Crippen LogP contribution in [0, 0.1) is 0 Å². The summed E-state index contributed by atoms with van der Waals surface area (Å²) in [6.07, 6.45) is -0.813. The maximum atomic E-state index is 9.84. The lowest BCUT2D eigenvalue weighted by Crippen LogP contribution is -2.28. The molecule has 0 spiro atoms. The Labute approximate surface area is 77.5 Å². The van der Waals surface area contributed by atoms with Gasteiger partial charge in [0.15, 0.2) is 0 Å². The summed E-state index contributed by atoms with van der Waals surface area (Å²) in [7, 11) is 0. The molecule has 0 saturated heterocycles. The first-order chi connectivity index (χ1) is 6.90. The van der Waals surface area contributed by atoms with Crippen molar-refractivity contribution < 1.29 is 9.22 Å². The molecule has 0 aromatic heterocycles. The minimum atomic E-state index is -2.23. The zero-order valence-electron chi connectivity index (χ0n) is 9.99. The topological polar surface area (TPSA) is 32.3 Å². The molecule has 1 aromatic carbocycles. The van der Waals surface area contributed by atoms with Crippen molar-refractivity contribution >= 4 is 0 Å². The van der Waals surface area contributed by atoms with Crippen LogP contribution < -0.4 is 5.32 Å². The third kappa shape index (κ3) is 2.06. The molecule has 2 nitrogen and oxygen atoms in total. The van der Waals surface area contributed by atoms with Gasteiger partial charge in [0.1, 0.15) is 0 Å². The van der Waals surface area contributed by atoms with E-state index in [2.05, 4.69) is 5.32 Å². The largest absolute Gasteiger partial charge is 0.387 e. The summed E-state index contributed by atoms with van der Waals surface area (Å²) >= 11 is 0. The van der Waals surface area contributed by atoms with Crippen LogP contribution in [0.1, 0.15) is 22.7 Å². The van der Waals surface area contributed by atoms with Gasteiger partial charge in [0, 0.05) is 10.2 Å². The lowest BCUT2D eigenvalue weighted by atomic mass is 10.0. The Morgan fingerprint density at radius 3 is 2.67 bits per heavy atom. The van der Waals surface area contributed by atoms with Crippen molar-refractivity contribution in [2.75, 3.05) is 6.98 Å². The normalized spacial score (nSPS) is 20.3. The molecule has 0 bridgehead atoms. The second-order valence-corrected chi connectivity index (χ2v) is 2.79. The average Bonchev–Trinajstić information content (AvgIpc) is 2.15. The highest BCUT2D eigenvalue weighted by Gasteiger charge is 2.12. The van der Waals surface area contributed by atoms with Crippen LogP contribution >= 0.6 is 0 Å². The second kappa shape index (κ2) is 4.24. The third-order valence-electron chi connectivity index (χ3n) is 1.84. The Balaban J connectivity index is 2.65. The van der Waals surface area contributed by atoms with Gasteiger partial charge in [-0.25, -0.2) is 0 Å². The quantitative estimate of drug-likeness (QED) is 0.713. The van der Waals surface area contributed by atoms with Crippen LogP contribution in [0.5, 0.6) is 0 Å². The van der Waals surface area contributed by atoms with Gasteiger partial charge in [-0.3, -0.25) is 0 Å². The monoisotopic (exact) mass is 168 g/mol. The van der Waals surface area contributed by atoms with Gasteiger partial charge in [0.2, 0.25) is 0 Å². The summed E-state index contributed by atoms with van der Waals surface area (Å²) in [6, 6.07) is 8.48. The SMILES string of the molecule is [2H]C([2H])([2H])N[C@@H](C)[C@@H](O)c1ccccc1. The van der Waals surface area contributed by atoms with E-state index >= 15 is 0 Å². The standard InChI is InChI=1S/C10H15NO/c1-8(11-2)10(12)9-6-4-3-5-7-9/h3-8,10-12H,1-2H3/t8-,10+/m0/s1/i2D3. The molecule has 0 aliphatic rings. The smallest absolute Gasteiger partial charge is 0.0940 e. The average molecular weight is 168 g/mol. The number of benzene rings is 1. The maximum absolute atomic E-state index is 9.84. The minimum Gasteiger partial charge on any atom is -0.387 e.